The lowest BCUT2D eigenvalue weighted by atomic mass is 9.85. The van der Waals surface area contributed by atoms with Crippen LogP contribution in [0.25, 0.3) is 43.4 Å². The number of ether oxygens (including phenoxy) is 1. The number of carbonyl (C=O) groups excluding carboxylic acids is 3. The van der Waals surface area contributed by atoms with Crippen LogP contribution in [0.15, 0.2) is 66.3 Å². The first kappa shape index (κ1) is 52.0. The van der Waals surface area contributed by atoms with Crippen molar-refractivity contribution < 1.29 is 38.1 Å². The topological polar surface area (TPSA) is 198 Å². The van der Waals surface area contributed by atoms with Crippen LogP contribution in [0.3, 0.4) is 0 Å². The number of anilines is 1. The molecule has 2 bridgehead atoms. The number of aromatic nitrogens is 4. The van der Waals surface area contributed by atoms with Crippen LogP contribution in [-0.2, 0) is 14.4 Å². The lowest BCUT2D eigenvalue weighted by molar-refractivity contribution is -0.144. The van der Waals surface area contributed by atoms with Crippen LogP contribution in [0.4, 0.5) is 14.6 Å². The van der Waals surface area contributed by atoms with E-state index in [-0.39, 0.29) is 102 Å². The fraction of sp³-hybridized carbons (Fsp3) is 0.482. The van der Waals surface area contributed by atoms with E-state index in [1.54, 1.807) is 17.4 Å². The average Bonchev–Trinajstić information content (AvgIpc) is 4.09. The minimum atomic E-state index is -0.936. The number of hydrogen-bond donors (Lipinski definition) is 5. The zero-order valence-electron chi connectivity index (χ0n) is 43.3. The van der Waals surface area contributed by atoms with E-state index in [2.05, 4.69) is 47.6 Å². The van der Waals surface area contributed by atoms with E-state index in [1.807, 2.05) is 64.4 Å². The number of nitrogens with one attached hydrogen (secondary N) is 3. The molecule has 4 fully saturated rings. The molecule has 10 rings (SSSR count). The molecule has 4 saturated heterocycles. The number of fused-ring (bicyclic) bond motifs is 4. The molecule has 3 amide bonds. The maximum absolute atomic E-state index is 17.0. The number of halogens is 2. The van der Waals surface area contributed by atoms with E-state index in [0.29, 0.717) is 49.1 Å². The van der Waals surface area contributed by atoms with Crippen molar-refractivity contribution in [1.29, 1.82) is 0 Å². The molecule has 0 radical (unpaired) electrons. The summed E-state index contributed by atoms with van der Waals surface area (Å²) in [6.45, 7) is 14.7. The van der Waals surface area contributed by atoms with Crippen LogP contribution >= 0.6 is 11.3 Å². The molecule has 5 N–H and O–H groups in total. The van der Waals surface area contributed by atoms with Gasteiger partial charge in [0.15, 0.2) is 5.82 Å². The highest BCUT2D eigenvalue weighted by Crippen LogP contribution is 2.39. The summed E-state index contributed by atoms with van der Waals surface area (Å²) < 4.78 is 38.7. The third-order valence-electron chi connectivity index (χ3n) is 15.5. The first-order valence-corrected chi connectivity index (χ1v) is 27.0. The van der Waals surface area contributed by atoms with Gasteiger partial charge in [-0.3, -0.25) is 24.3 Å². The summed E-state index contributed by atoms with van der Waals surface area (Å²) in [4.78, 5) is 67.0. The Hall–Kier alpha value is -6.41. The third kappa shape index (κ3) is 10.9. The Labute approximate surface area is 439 Å². The van der Waals surface area contributed by atoms with Crippen molar-refractivity contribution in [3.63, 3.8) is 0 Å². The summed E-state index contributed by atoms with van der Waals surface area (Å²) in [7, 11) is 0. The van der Waals surface area contributed by atoms with Crippen molar-refractivity contribution in [3.8, 4) is 33.5 Å². The fourth-order valence-electron chi connectivity index (χ4n) is 11.4. The first-order chi connectivity index (χ1) is 35.9. The molecule has 19 heteroatoms. The Balaban J connectivity index is 0.763. The van der Waals surface area contributed by atoms with Crippen LogP contribution in [-0.4, -0.2) is 133 Å². The summed E-state index contributed by atoms with van der Waals surface area (Å²) in [5.74, 6) is -1.76. The van der Waals surface area contributed by atoms with Crippen LogP contribution in [0.2, 0.25) is 0 Å². The van der Waals surface area contributed by atoms with Gasteiger partial charge in [0.1, 0.15) is 47.3 Å². The second-order valence-electron chi connectivity index (χ2n) is 22.1. The van der Waals surface area contributed by atoms with Gasteiger partial charge < -0.3 is 40.7 Å². The van der Waals surface area contributed by atoms with Gasteiger partial charge in [-0.2, -0.15) is 9.97 Å². The van der Waals surface area contributed by atoms with Crippen LogP contribution in [0.1, 0.15) is 90.4 Å². The molecular weight excluding hydrogens is 979 g/mol. The number of thiazole rings is 1. The number of aliphatic hydroxyl groups excluding tert-OH is 1. The quantitative estimate of drug-likeness (QED) is 0.0601. The molecule has 2 unspecified atom stereocenters. The number of benzene rings is 3. The van der Waals surface area contributed by atoms with Crippen LogP contribution in [0.5, 0.6) is 11.8 Å². The molecule has 3 aromatic heterocycles. The molecule has 4 aliphatic rings. The number of aliphatic hydroxyl groups is 1. The Morgan fingerprint density at radius 2 is 1.73 bits per heavy atom. The van der Waals surface area contributed by atoms with E-state index in [1.165, 1.54) is 35.4 Å². The van der Waals surface area contributed by atoms with E-state index >= 15 is 8.78 Å². The van der Waals surface area contributed by atoms with Gasteiger partial charge in [-0.15, -0.1) is 11.3 Å². The monoisotopic (exact) mass is 1040 g/mol. The second kappa shape index (κ2) is 21.3. The van der Waals surface area contributed by atoms with E-state index in [0.717, 1.165) is 41.1 Å². The average molecular weight is 1050 g/mol. The Bertz CT molecular complexity index is 3110. The van der Waals surface area contributed by atoms with Crippen molar-refractivity contribution in [2.75, 3.05) is 44.2 Å². The molecule has 0 saturated carbocycles. The number of phenols is 1. The van der Waals surface area contributed by atoms with Gasteiger partial charge in [0, 0.05) is 74.3 Å². The number of likely N-dealkylation sites (tertiary alicyclic amines) is 2. The number of amides is 3. The normalized spacial score (nSPS) is 22.6. The van der Waals surface area contributed by atoms with Gasteiger partial charge in [-0.25, -0.2) is 13.8 Å². The zero-order valence-corrected chi connectivity index (χ0v) is 44.1. The summed E-state index contributed by atoms with van der Waals surface area (Å²) in [6.07, 6.45) is 4.22. The maximum atomic E-state index is 17.0. The molecule has 4 aliphatic heterocycles. The Kier molecular flexibility index (Phi) is 14.8. The Morgan fingerprint density at radius 3 is 2.44 bits per heavy atom. The van der Waals surface area contributed by atoms with Crippen molar-refractivity contribution in [3.05, 3.63) is 89.2 Å². The van der Waals surface area contributed by atoms with Gasteiger partial charge in [-0.05, 0) is 92.1 Å². The number of rotatable bonds is 16. The van der Waals surface area contributed by atoms with Crippen molar-refractivity contribution in [2.24, 2.45) is 11.3 Å². The predicted molar refractivity (Wildman–Crippen MR) is 284 cm³/mol. The Morgan fingerprint density at radius 1 is 0.973 bits per heavy atom. The van der Waals surface area contributed by atoms with Crippen molar-refractivity contribution in [2.45, 2.75) is 122 Å². The molecule has 8 atom stereocenters. The fourth-order valence-corrected chi connectivity index (χ4v) is 12.2. The summed E-state index contributed by atoms with van der Waals surface area (Å²) >= 11 is 1.57. The first-order valence-electron chi connectivity index (χ1n) is 26.1. The minimum Gasteiger partial charge on any atom is -0.508 e. The van der Waals surface area contributed by atoms with Gasteiger partial charge in [0.25, 0.3) is 0 Å². The standard InChI is InChI=1S/C56H66F2N10O6S/c1-30-24-66(19-8-7-12-45(71)63-51(56(4,5)6)54(73)68-27-39(70)22-43(68)53(72)61-31(2)33-13-15-34(16-14-33)50-32(3)60-29-75-50)44(30)28-74-55-64-49-41(52(65-55)67-25-36-17-18-37(26-67)62-36)23-59-48(47(49)58)40-21-38(69)20-35-10-9-11-42(57)46(35)40/h9-11,13-16,20-21,23,29-31,36-37,39,43-44,51,62,69-70H,7-8,12,17-19,22,24-28H2,1-6H3,(H,61,72)(H,63,71)/t30-,31+,36?,37?,39-,43+,44-,51-/m1/s1. The number of aromatic hydroxyl groups is 1. The molecule has 6 aromatic rings. The lowest BCUT2D eigenvalue weighted by Crippen LogP contribution is -2.58. The second-order valence-corrected chi connectivity index (χ2v) is 22.9. The number of pyridine rings is 1. The SMILES string of the molecule is Cc1ncsc1-c1ccc([C@H](C)NC(=O)[C@@H]2C[C@@H](O)CN2C(=O)[C@@H](NC(=O)CCCCN2C[C@@H](C)[C@H]2COc2nc(N3CC4CCC(C3)N4)c3cnc(-c4cc(O)cc5cccc(F)c45)c(F)c3n2)C(C)(C)C)cc1. The molecule has 396 valence electrons. The number of piperazine rings is 1. The number of phenolic OH excluding ortho intramolecular Hbond substituents is 1. The summed E-state index contributed by atoms with van der Waals surface area (Å²) in [5.41, 5.74) is 3.96. The van der Waals surface area contributed by atoms with Crippen LogP contribution in [0, 0.1) is 29.9 Å². The summed E-state index contributed by atoms with van der Waals surface area (Å²) in [6, 6.07) is 13.5. The predicted octanol–water partition coefficient (Wildman–Crippen LogP) is 7.44. The number of nitrogens with zero attached hydrogens (tertiary/aromatic N) is 7. The molecule has 3 aromatic carbocycles. The zero-order chi connectivity index (χ0) is 52.9. The molecule has 7 heterocycles. The number of unbranched alkanes of at least 4 members (excludes halogenated alkanes) is 1. The smallest absolute Gasteiger partial charge is 0.319 e. The van der Waals surface area contributed by atoms with E-state index in [4.69, 9.17) is 9.72 Å². The highest BCUT2D eigenvalue weighted by atomic mass is 32.1. The number of hydrogen-bond acceptors (Lipinski definition) is 14. The van der Waals surface area contributed by atoms with Crippen LogP contribution < -0.4 is 25.6 Å². The van der Waals surface area contributed by atoms with Crippen molar-refractivity contribution in [1.82, 2.24) is 45.7 Å². The van der Waals surface area contributed by atoms with Gasteiger partial charge in [0.05, 0.1) is 33.6 Å². The third-order valence-corrected chi connectivity index (χ3v) is 16.5. The van der Waals surface area contributed by atoms with Gasteiger partial charge >= 0.3 is 6.01 Å². The number of aryl methyl sites for hydroxylation is 1. The largest absolute Gasteiger partial charge is 0.508 e. The maximum Gasteiger partial charge on any atom is 0.319 e. The summed E-state index contributed by atoms with van der Waals surface area (Å²) in [5, 5.41) is 32.0. The van der Waals surface area contributed by atoms with Gasteiger partial charge in [-0.1, -0.05) is 64.1 Å². The molecule has 75 heavy (non-hydrogen) atoms. The molecule has 0 aliphatic carbocycles. The minimum absolute atomic E-state index is 0.00183. The molecule has 16 nitrogen and oxygen atoms in total. The lowest BCUT2D eigenvalue weighted by Gasteiger charge is -2.46. The van der Waals surface area contributed by atoms with E-state index < -0.39 is 41.1 Å². The molecule has 0 spiro atoms. The van der Waals surface area contributed by atoms with Gasteiger partial charge in [0.2, 0.25) is 17.7 Å². The number of carbonyl (C=O) groups is 3. The molecular formula is C56H66F2N10O6S. The highest BCUT2D eigenvalue weighted by molar-refractivity contribution is 7.13. The highest BCUT2D eigenvalue weighted by Gasteiger charge is 2.45. The van der Waals surface area contributed by atoms with E-state index in [9.17, 15) is 24.6 Å². The number of β-amino-alcohol motifs (C(OH)–C–C–N with tert-alkyl or cyclic N) is 1. The van der Waals surface area contributed by atoms with Crippen molar-refractivity contribution >= 4 is 56.6 Å².